The summed E-state index contributed by atoms with van der Waals surface area (Å²) in [7, 11) is -3.34. The summed E-state index contributed by atoms with van der Waals surface area (Å²) >= 11 is 0. The molecule has 1 aliphatic carbocycles. The van der Waals surface area contributed by atoms with Crippen molar-refractivity contribution in [3.8, 4) is 0 Å². The number of piperazine rings is 1. The average Bonchev–Trinajstić information content (AvgIpc) is 3.44. The Balaban J connectivity index is 1.44. The van der Waals surface area contributed by atoms with Crippen LogP contribution in [-0.4, -0.2) is 57.1 Å². The van der Waals surface area contributed by atoms with Crippen LogP contribution in [0.4, 0.5) is 10.1 Å². The molecule has 0 spiro atoms. The molecule has 0 radical (unpaired) electrons. The second-order valence-electron chi connectivity index (χ2n) is 6.57. The molecule has 1 saturated heterocycles. The number of carbonyl (C=O) groups is 1. The van der Waals surface area contributed by atoms with Gasteiger partial charge in [-0.2, -0.15) is 4.31 Å². The second-order valence-corrected chi connectivity index (χ2v) is 8.66. The molecule has 0 atom stereocenters. The highest BCUT2D eigenvalue weighted by molar-refractivity contribution is 7.89. The normalized spacial score (nSPS) is 19.0. The smallest absolute Gasteiger partial charge is 0.223 e. The minimum atomic E-state index is -3.34. The summed E-state index contributed by atoms with van der Waals surface area (Å²) in [6, 6.07) is 6.54. The van der Waals surface area contributed by atoms with E-state index in [1.807, 2.05) is 4.90 Å². The van der Waals surface area contributed by atoms with Gasteiger partial charge in [0, 0.05) is 38.6 Å². The number of benzene rings is 1. The zero-order chi connectivity index (χ0) is 17.9. The Hall–Kier alpha value is -1.67. The summed E-state index contributed by atoms with van der Waals surface area (Å²) in [6.07, 6.45) is 2.29. The highest BCUT2D eigenvalue weighted by Gasteiger charge is 2.30. The van der Waals surface area contributed by atoms with Gasteiger partial charge in [-0.3, -0.25) is 4.79 Å². The first-order valence-electron chi connectivity index (χ1n) is 8.72. The molecule has 2 aliphatic rings. The average molecular weight is 369 g/mol. The molecule has 1 amide bonds. The maximum absolute atomic E-state index is 13.8. The molecule has 1 aromatic carbocycles. The molecule has 0 aromatic heterocycles. The van der Waals surface area contributed by atoms with Crippen LogP contribution in [0.3, 0.4) is 0 Å². The SMILES string of the molecule is O=C(NCCCS(=O)(=O)N1CCN(c2ccccc2F)CC1)C1CC1. The van der Waals surface area contributed by atoms with E-state index in [1.165, 1.54) is 10.4 Å². The predicted molar refractivity (Wildman–Crippen MR) is 94.3 cm³/mol. The van der Waals surface area contributed by atoms with Crippen molar-refractivity contribution in [1.82, 2.24) is 9.62 Å². The summed E-state index contributed by atoms with van der Waals surface area (Å²) in [6.45, 7) is 2.04. The minimum absolute atomic E-state index is 0.0254. The second kappa shape index (κ2) is 7.70. The number of nitrogens with one attached hydrogen (secondary N) is 1. The molecular weight excluding hydrogens is 345 g/mol. The van der Waals surface area contributed by atoms with Gasteiger partial charge in [0.1, 0.15) is 5.82 Å². The monoisotopic (exact) mass is 369 g/mol. The fraction of sp³-hybridized carbons (Fsp3) is 0.588. The number of para-hydroxylation sites is 1. The van der Waals surface area contributed by atoms with Gasteiger partial charge in [-0.25, -0.2) is 12.8 Å². The van der Waals surface area contributed by atoms with Gasteiger partial charge in [0.25, 0.3) is 0 Å². The van der Waals surface area contributed by atoms with Crippen LogP contribution >= 0.6 is 0 Å². The number of anilines is 1. The number of rotatable bonds is 7. The van der Waals surface area contributed by atoms with Crippen LogP contribution < -0.4 is 10.2 Å². The van der Waals surface area contributed by atoms with Crippen LogP contribution in [-0.2, 0) is 14.8 Å². The Kier molecular flexibility index (Phi) is 5.58. The molecule has 1 saturated carbocycles. The first-order chi connectivity index (χ1) is 12.0. The topological polar surface area (TPSA) is 69.7 Å². The molecule has 6 nitrogen and oxygen atoms in total. The zero-order valence-electron chi connectivity index (χ0n) is 14.2. The van der Waals surface area contributed by atoms with Crippen molar-refractivity contribution in [1.29, 1.82) is 0 Å². The zero-order valence-corrected chi connectivity index (χ0v) is 15.0. The van der Waals surface area contributed by atoms with Gasteiger partial charge in [-0.1, -0.05) is 12.1 Å². The highest BCUT2D eigenvalue weighted by atomic mass is 32.2. The third kappa shape index (κ3) is 4.70. The van der Waals surface area contributed by atoms with Crippen LogP contribution in [0, 0.1) is 11.7 Å². The van der Waals surface area contributed by atoms with Gasteiger partial charge in [-0.05, 0) is 31.4 Å². The molecular formula is C17H24FN3O3S. The van der Waals surface area contributed by atoms with Crippen molar-refractivity contribution in [3.63, 3.8) is 0 Å². The van der Waals surface area contributed by atoms with Gasteiger partial charge in [0.05, 0.1) is 11.4 Å². The van der Waals surface area contributed by atoms with E-state index in [4.69, 9.17) is 0 Å². The van der Waals surface area contributed by atoms with Crippen molar-refractivity contribution in [2.75, 3.05) is 43.4 Å². The summed E-state index contributed by atoms with van der Waals surface area (Å²) in [5, 5.41) is 2.78. The number of carbonyl (C=O) groups excluding carboxylic acids is 1. The molecule has 1 heterocycles. The van der Waals surface area contributed by atoms with Crippen LogP contribution in [0.25, 0.3) is 0 Å². The van der Waals surface area contributed by atoms with Crippen LogP contribution in [0.2, 0.25) is 0 Å². The fourth-order valence-electron chi connectivity index (χ4n) is 3.00. The number of halogens is 1. The number of hydrogen-bond donors (Lipinski definition) is 1. The van der Waals surface area contributed by atoms with E-state index in [2.05, 4.69) is 5.32 Å². The summed E-state index contributed by atoms with van der Waals surface area (Å²) in [5.41, 5.74) is 0.516. The van der Waals surface area contributed by atoms with Gasteiger partial charge in [0.15, 0.2) is 0 Å². The molecule has 25 heavy (non-hydrogen) atoms. The van der Waals surface area contributed by atoms with Crippen LogP contribution in [0.15, 0.2) is 24.3 Å². The van der Waals surface area contributed by atoms with E-state index in [1.54, 1.807) is 18.2 Å². The lowest BCUT2D eigenvalue weighted by Gasteiger charge is -2.35. The first-order valence-corrected chi connectivity index (χ1v) is 10.3. The Bertz CT molecular complexity index is 714. The Labute approximate surface area is 148 Å². The third-order valence-corrected chi connectivity index (χ3v) is 6.61. The van der Waals surface area contributed by atoms with E-state index in [0.29, 0.717) is 44.8 Å². The van der Waals surface area contributed by atoms with Gasteiger partial charge < -0.3 is 10.2 Å². The van der Waals surface area contributed by atoms with Crippen molar-refractivity contribution < 1.29 is 17.6 Å². The molecule has 8 heteroatoms. The third-order valence-electron chi connectivity index (χ3n) is 4.65. The van der Waals surface area contributed by atoms with E-state index in [9.17, 15) is 17.6 Å². The van der Waals surface area contributed by atoms with Crippen molar-refractivity contribution in [2.45, 2.75) is 19.3 Å². The summed E-state index contributed by atoms with van der Waals surface area (Å²) in [4.78, 5) is 13.4. The number of hydrogen-bond acceptors (Lipinski definition) is 4. The first kappa shape index (κ1) is 18.1. The number of sulfonamides is 1. The van der Waals surface area contributed by atoms with E-state index >= 15 is 0 Å². The molecule has 138 valence electrons. The standard InChI is InChI=1S/C17H24FN3O3S/c18-15-4-1-2-5-16(15)20-9-11-21(12-10-20)25(23,24)13-3-8-19-17(22)14-6-7-14/h1-2,4-5,14H,3,6-13H2,(H,19,22). The lowest BCUT2D eigenvalue weighted by atomic mass is 10.2. The lowest BCUT2D eigenvalue weighted by molar-refractivity contribution is -0.122. The molecule has 3 rings (SSSR count). The molecule has 1 aliphatic heterocycles. The Morgan fingerprint density at radius 2 is 1.84 bits per heavy atom. The van der Waals surface area contributed by atoms with Crippen molar-refractivity contribution in [2.24, 2.45) is 5.92 Å². The van der Waals surface area contributed by atoms with Crippen LogP contribution in [0.5, 0.6) is 0 Å². The van der Waals surface area contributed by atoms with Crippen molar-refractivity contribution >= 4 is 21.6 Å². The number of nitrogens with zero attached hydrogens (tertiary/aromatic N) is 2. The van der Waals surface area contributed by atoms with E-state index < -0.39 is 10.0 Å². The molecule has 1 N–H and O–H groups in total. The Morgan fingerprint density at radius 3 is 2.48 bits per heavy atom. The van der Waals surface area contributed by atoms with Gasteiger partial charge >= 0.3 is 0 Å². The largest absolute Gasteiger partial charge is 0.367 e. The van der Waals surface area contributed by atoms with Gasteiger partial charge in [-0.15, -0.1) is 0 Å². The number of amides is 1. The molecule has 0 bridgehead atoms. The quantitative estimate of drug-likeness (QED) is 0.733. The fourth-order valence-corrected chi connectivity index (χ4v) is 4.49. The van der Waals surface area contributed by atoms with E-state index in [-0.39, 0.29) is 23.4 Å². The van der Waals surface area contributed by atoms with Gasteiger partial charge in [0.2, 0.25) is 15.9 Å². The van der Waals surface area contributed by atoms with E-state index in [0.717, 1.165) is 12.8 Å². The molecule has 1 aromatic rings. The molecule has 2 fully saturated rings. The molecule has 0 unspecified atom stereocenters. The maximum Gasteiger partial charge on any atom is 0.223 e. The lowest BCUT2D eigenvalue weighted by Crippen LogP contribution is -2.49. The highest BCUT2D eigenvalue weighted by Crippen LogP contribution is 2.28. The van der Waals surface area contributed by atoms with Crippen LogP contribution in [0.1, 0.15) is 19.3 Å². The maximum atomic E-state index is 13.8. The predicted octanol–water partition coefficient (Wildman–Crippen LogP) is 1.19. The minimum Gasteiger partial charge on any atom is -0.367 e. The van der Waals surface area contributed by atoms with Crippen molar-refractivity contribution in [3.05, 3.63) is 30.1 Å². The summed E-state index contributed by atoms with van der Waals surface area (Å²) in [5.74, 6) is -0.0818. The Morgan fingerprint density at radius 1 is 1.16 bits per heavy atom. The summed E-state index contributed by atoms with van der Waals surface area (Å²) < 4.78 is 40.1.